The second kappa shape index (κ2) is 5.41. The van der Waals surface area contributed by atoms with Crippen molar-refractivity contribution < 1.29 is 33.0 Å². The molecule has 8 nitrogen and oxygen atoms in total. The summed E-state index contributed by atoms with van der Waals surface area (Å²) in [5.41, 5.74) is 0. The fourth-order valence-corrected chi connectivity index (χ4v) is 1.10. The summed E-state index contributed by atoms with van der Waals surface area (Å²) in [6, 6.07) is 0. The van der Waals surface area contributed by atoms with Crippen LogP contribution in [0.4, 0.5) is 0 Å². The van der Waals surface area contributed by atoms with Crippen molar-refractivity contribution >= 4 is 33.0 Å². The van der Waals surface area contributed by atoms with E-state index in [-0.39, 0.29) is 23.5 Å². The van der Waals surface area contributed by atoms with Crippen LogP contribution in [-0.2, 0) is 13.4 Å². The first kappa shape index (κ1) is 17.7. The van der Waals surface area contributed by atoms with Crippen LogP contribution in [0.25, 0.3) is 0 Å². The first-order valence-corrected chi connectivity index (χ1v) is 4.38. The standard InChI is InChI=1S/Al.H3N.H4O7P2/c;;1-8(2,3)7-9(4,5)6/h;1H3;(H2,1,2,3)(H2,4,5,6)/q+3;;/p-3. The van der Waals surface area contributed by atoms with Crippen molar-refractivity contribution in [3.63, 3.8) is 0 Å². The van der Waals surface area contributed by atoms with E-state index in [1.165, 1.54) is 0 Å². The second-order valence-electron chi connectivity index (χ2n) is 0.976. The van der Waals surface area contributed by atoms with Gasteiger partial charge in [0.2, 0.25) is 0 Å². The van der Waals surface area contributed by atoms with Gasteiger partial charge in [-0.2, -0.15) is 0 Å². The maximum Gasteiger partial charge on any atom is 3.00 e. The van der Waals surface area contributed by atoms with Crippen LogP contribution in [0.1, 0.15) is 0 Å². The molecular formula is H4AlNO7P2. The number of quaternary nitrogens is 1. The summed E-state index contributed by atoms with van der Waals surface area (Å²) in [4.78, 5) is 37.3. The molecule has 0 atom stereocenters. The van der Waals surface area contributed by atoms with Crippen molar-refractivity contribution in [2.24, 2.45) is 0 Å². The van der Waals surface area contributed by atoms with Gasteiger partial charge >= 0.3 is 17.4 Å². The SMILES string of the molecule is O=P([O-])([O-])OP(=O)([O-])[O-].[Al+3].[NH4+]. The minimum absolute atomic E-state index is 0. The molecule has 0 amide bonds. The minimum atomic E-state index is -5.68. The molecule has 0 fully saturated rings. The van der Waals surface area contributed by atoms with E-state index in [9.17, 15) is 28.7 Å². The zero-order chi connectivity index (χ0) is 7.71. The van der Waals surface area contributed by atoms with Crippen molar-refractivity contribution in [3.05, 3.63) is 0 Å². The van der Waals surface area contributed by atoms with Gasteiger partial charge in [-0.15, -0.1) is 0 Å². The molecule has 0 rings (SSSR count). The van der Waals surface area contributed by atoms with Crippen molar-refractivity contribution in [2.75, 3.05) is 0 Å². The van der Waals surface area contributed by atoms with Crippen LogP contribution in [0, 0.1) is 0 Å². The summed E-state index contributed by atoms with van der Waals surface area (Å²) in [6.07, 6.45) is 0. The van der Waals surface area contributed by atoms with Gasteiger partial charge in [0.25, 0.3) is 0 Å². The predicted molar refractivity (Wildman–Crippen MR) is 28.0 cm³/mol. The molecule has 0 saturated heterocycles. The molecule has 0 aromatic heterocycles. The average Bonchev–Trinajstić information content (AvgIpc) is 1.14. The quantitative estimate of drug-likeness (QED) is 0.373. The van der Waals surface area contributed by atoms with Gasteiger partial charge in [0.15, 0.2) is 0 Å². The Morgan fingerprint density at radius 2 is 1.09 bits per heavy atom. The Balaban J connectivity index is -0.000000320. The molecule has 0 aromatic rings. The number of hydrogen-bond acceptors (Lipinski definition) is 7. The monoisotopic (exact) mass is 219 g/mol. The van der Waals surface area contributed by atoms with Crippen LogP contribution in [0.5, 0.6) is 0 Å². The topological polar surface area (TPSA) is 172 Å². The van der Waals surface area contributed by atoms with Crippen LogP contribution in [0.2, 0.25) is 0 Å². The fourth-order valence-electron chi connectivity index (χ4n) is 0.122. The van der Waals surface area contributed by atoms with E-state index in [1.807, 2.05) is 0 Å². The summed E-state index contributed by atoms with van der Waals surface area (Å²) in [6.45, 7) is 0. The van der Waals surface area contributed by atoms with Gasteiger partial charge in [-0.3, -0.25) is 0 Å². The Kier molecular flexibility index (Phi) is 8.72. The van der Waals surface area contributed by atoms with Crippen LogP contribution in [0.3, 0.4) is 0 Å². The first-order valence-electron chi connectivity index (χ1n) is 1.46. The normalized spacial score (nSPS) is 11.3. The zero-order valence-corrected chi connectivity index (χ0v) is 8.27. The zero-order valence-electron chi connectivity index (χ0n) is 5.33. The third kappa shape index (κ3) is 18.1. The minimum Gasteiger partial charge on any atom is -0.790 e. The van der Waals surface area contributed by atoms with Gasteiger partial charge < -0.3 is 39.2 Å². The van der Waals surface area contributed by atoms with E-state index < -0.39 is 15.6 Å². The summed E-state index contributed by atoms with van der Waals surface area (Å²) < 4.78 is 21.2. The molecular weight excluding hydrogens is 215 g/mol. The van der Waals surface area contributed by atoms with E-state index in [2.05, 4.69) is 4.31 Å². The average molecular weight is 219 g/mol. The molecule has 0 heterocycles. The molecule has 4 N–H and O–H groups in total. The van der Waals surface area contributed by atoms with Gasteiger partial charge in [-0.1, -0.05) is 0 Å². The molecule has 11 heteroatoms. The smallest absolute Gasteiger partial charge is 0.790 e. The Morgan fingerprint density at radius 1 is 0.909 bits per heavy atom. The molecule has 0 saturated carbocycles. The summed E-state index contributed by atoms with van der Waals surface area (Å²) in [7, 11) is -11.4. The van der Waals surface area contributed by atoms with Gasteiger partial charge in [0, 0.05) is 0 Å². The Morgan fingerprint density at radius 3 is 1.09 bits per heavy atom. The van der Waals surface area contributed by atoms with Crippen LogP contribution in [-0.4, -0.2) is 17.4 Å². The van der Waals surface area contributed by atoms with Gasteiger partial charge in [0.1, 0.15) is 0 Å². The molecule has 0 aromatic carbocycles. The van der Waals surface area contributed by atoms with E-state index in [4.69, 9.17) is 0 Å². The molecule has 11 heavy (non-hydrogen) atoms. The van der Waals surface area contributed by atoms with Crippen molar-refractivity contribution in [3.8, 4) is 0 Å². The number of phosphoric acid groups is 2. The molecule has 0 spiro atoms. The van der Waals surface area contributed by atoms with E-state index >= 15 is 0 Å². The van der Waals surface area contributed by atoms with Gasteiger partial charge in [-0.25, -0.2) is 0 Å². The Bertz CT molecular complexity index is 157. The van der Waals surface area contributed by atoms with E-state index in [0.29, 0.717) is 0 Å². The molecule has 0 unspecified atom stereocenters. The van der Waals surface area contributed by atoms with Crippen molar-refractivity contribution in [1.82, 2.24) is 6.15 Å². The van der Waals surface area contributed by atoms with Crippen LogP contribution in [0.15, 0.2) is 0 Å². The first-order chi connectivity index (χ1) is 3.71. The summed E-state index contributed by atoms with van der Waals surface area (Å²) in [5, 5.41) is 0. The molecule has 0 aliphatic heterocycles. The summed E-state index contributed by atoms with van der Waals surface area (Å²) >= 11 is 0. The largest absolute Gasteiger partial charge is 3.00 e. The Labute approximate surface area is 72.8 Å². The summed E-state index contributed by atoms with van der Waals surface area (Å²) in [5.74, 6) is 0. The van der Waals surface area contributed by atoms with Gasteiger partial charge in [-0.05, 0) is 0 Å². The van der Waals surface area contributed by atoms with Crippen molar-refractivity contribution in [2.45, 2.75) is 0 Å². The Hall–Kier alpha value is 0.752. The molecule has 0 aliphatic carbocycles. The molecule has 0 radical (unpaired) electrons. The van der Waals surface area contributed by atoms with E-state index in [0.717, 1.165) is 0 Å². The number of rotatable bonds is 2. The van der Waals surface area contributed by atoms with Gasteiger partial charge in [0.05, 0.1) is 15.6 Å². The second-order valence-corrected chi connectivity index (χ2v) is 3.42. The molecule has 64 valence electrons. The van der Waals surface area contributed by atoms with E-state index in [1.54, 1.807) is 0 Å². The fraction of sp³-hybridized carbons (Fsp3) is 0. The van der Waals surface area contributed by atoms with Crippen molar-refractivity contribution in [1.29, 1.82) is 0 Å². The third-order valence-electron chi connectivity index (χ3n) is 0.200. The maximum absolute atomic E-state index is 9.32. The predicted octanol–water partition coefficient (Wildman–Crippen LogP) is -3.34. The molecule has 0 bridgehead atoms. The number of hydrogen-bond donors (Lipinski definition) is 1. The van der Waals surface area contributed by atoms with Crippen LogP contribution >= 0.6 is 15.6 Å². The van der Waals surface area contributed by atoms with Crippen LogP contribution < -0.4 is 25.7 Å². The molecule has 0 aliphatic rings. The maximum atomic E-state index is 9.32. The third-order valence-corrected chi connectivity index (χ3v) is 1.80.